The summed E-state index contributed by atoms with van der Waals surface area (Å²) in [5.74, 6) is 0.611. The summed E-state index contributed by atoms with van der Waals surface area (Å²) in [7, 11) is 0. The molecule has 3 saturated heterocycles. The highest BCUT2D eigenvalue weighted by Crippen LogP contribution is 2.39. The number of nitrogens with one attached hydrogen (secondary N) is 2. The molecule has 0 spiro atoms. The fourth-order valence-electron chi connectivity index (χ4n) is 3.71. The minimum atomic E-state index is -0.139. The number of benzene rings is 1. The van der Waals surface area contributed by atoms with Crippen LogP contribution in [0.25, 0.3) is 10.4 Å². The molecule has 1 aromatic heterocycles. The third-order valence-electron chi connectivity index (χ3n) is 4.96. The van der Waals surface area contributed by atoms with Crippen molar-refractivity contribution in [1.29, 1.82) is 0 Å². The van der Waals surface area contributed by atoms with Crippen molar-refractivity contribution < 1.29 is 4.79 Å². The van der Waals surface area contributed by atoms with E-state index in [1.807, 2.05) is 36.4 Å². The van der Waals surface area contributed by atoms with Gasteiger partial charge in [0.2, 0.25) is 0 Å². The first kappa shape index (κ1) is 15.9. The quantitative estimate of drug-likeness (QED) is 0.856. The molecule has 4 heterocycles. The molecule has 24 heavy (non-hydrogen) atoms. The summed E-state index contributed by atoms with van der Waals surface area (Å²) in [5.41, 5.74) is 1.84. The number of amides is 2. The SMILES string of the molecule is O=C(Nc1cc(Cl)sc1-c1ccccc1)NC1CN2CCC1CC2. The molecule has 2 amide bonds. The van der Waals surface area contributed by atoms with Crippen molar-refractivity contribution >= 4 is 34.7 Å². The van der Waals surface area contributed by atoms with E-state index in [0.717, 1.165) is 22.7 Å². The fraction of sp³-hybridized carbons (Fsp3) is 0.389. The lowest BCUT2D eigenvalue weighted by Crippen LogP contribution is -2.57. The van der Waals surface area contributed by atoms with E-state index >= 15 is 0 Å². The van der Waals surface area contributed by atoms with Gasteiger partial charge in [-0.15, -0.1) is 11.3 Å². The van der Waals surface area contributed by atoms with Crippen LogP contribution in [0.15, 0.2) is 36.4 Å². The van der Waals surface area contributed by atoms with Crippen LogP contribution in [-0.2, 0) is 0 Å². The van der Waals surface area contributed by atoms with Gasteiger partial charge in [0, 0.05) is 12.6 Å². The first-order chi connectivity index (χ1) is 11.7. The van der Waals surface area contributed by atoms with Crippen LogP contribution in [0, 0.1) is 5.92 Å². The summed E-state index contributed by atoms with van der Waals surface area (Å²) in [6.07, 6.45) is 2.37. The molecular formula is C18H20ClN3OS. The molecule has 1 atom stereocenters. The molecule has 126 valence electrons. The lowest BCUT2D eigenvalue weighted by atomic mass is 9.84. The van der Waals surface area contributed by atoms with Crippen LogP contribution in [0.1, 0.15) is 12.8 Å². The van der Waals surface area contributed by atoms with Crippen LogP contribution >= 0.6 is 22.9 Å². The molecule has 6 heteroatoms. The van der Waals surface area contributed by atoms with E-state index in [0.29, 0.717) is 10.3 Å². The fourth-order valence-corrected chi connectivity index (χ4v) is 4.90. The Balaban J connectivity index is 1.46. The zero-order valence-corrected chi connectivity index (χ0v) is 14.9. The number of urea groups is 1. The number of anilines is 1. The monoisotopic (exact) mass is 361 g/mol. The minimum Gasteiger partial charge on any atom is -0.334 e. The standard InChI is InChI=1S/C18H20ClN3OS/c19-16-10-14(17(24-16)13-4-2-1-3-5-13)20-18(23)21-15-11-22-8-6-12(15)7-9-22/h1-5,10,12,15H,6-9,11H2,(H2,20,21,23). The summed E-state index contributed by atoms with van der Waals surface area (Å²) in [6.45, 7) is 3.31. The van der Waals surface area contributed by atoms with Gasteiger partial charge in [-0.3, -0.25) is 0 Å². The number of carbonyl (C=O) groups is 1. The van der Waals surface area contributed by atoms with Crippen molar-refractivity contribution in [3.05, 3.63) is 40.7 Å². The summed E-state index contributed by atoms with van der Waals surface area (Å²) >= 11 is 7.66. The number of nitrogens with zero attached hydrogens (tertiary/aromatic N) is 1. The number of rotatable bonds is 3. The summed E-state index contributed by atoms with van der Waals surface area (Å²) in [4.78, 5) is 15.9. The largest absolute Gasteiger partial charge is 0.334 e. The topological polar surface area (TPSA) is 44.4 Å². The van der Waals surface area contributed by atoms with Gasteiger partial charge in [0.05, 0.1) is 14.9 Å². The van der Waals surface area contributed by atoms with E-state index in [4.69, 9.17) is 11.6 Å². The lowest BCUT2D eigenvalue weighted by molar-refractivity contribution is 0.0777. The van der Waals surface area contributed by atoms with Crippen LogP contribution in [0.3, 0.4) is 0 Å². The molecule has 1 aromatic carbocycles. The van der Waals surface area contributed by atoms with Gasteiger partial charge in [0.15, 0.2) is 0 Å². The second-order valence-electron chi connectivity index (χ2n) is 6.50. The third kappa shape index (κ3) is 3.29. The van der Waals surface area contributed by atoms with Gasteiger partial charge in [-0.05, 0) is 43.5 Å². The average molecular weight is 362 g/mol. The number of thiophene rings is 1. The molecule has 3 fully saturated rings. The molecule has 3 aliphatic heterocycles. The van der Waals surface area contributed by atoms with E-state index in [9.17, 15) is 4.79 Å². The molecule has 2 N–H and O–H groups in total. The first-order valence-corrected chi connectivity index (χ1v) is 9.53. The highest BCUT2D eigenvalue weighted by Gasteiger charge is 2.34. The Morgan fingerprint density at radius 2 is 1.96 bits per heavy atom. The van der Waals surface area contributed by atoms with Gasteiger partial charge in [-0.2, -0.15) is 0 Å². The predicted octanol–water partition coefficient (Wildman–Crippen LogP) is 4.28. The number of halogens is 1. The van der Waals surface area contributed by atoms with Crippen LogP contribution in [0.4, 0.5) is 10.5 Å². The van der Waals surface area contributed by atoms with Crippen molar-refractivity contribution in [3.63, 3.8) is 0 Å². The maximum atomic E-state index is 12.5. The van der Waals surface area contributed by atoms with E-state index in [1.54, 1.807) is 0 Å². The minimum absolute atomic E-state index is 0.139. The Morgan fingerprint density at radius 1 is 1.21 bits per heavy atom. The van der Waals surface area contributed by atoms with Crippen molar-refractivity contribution in [3.8, 4) is 10.4 Å². The Labute approximate surface area is 150 Å². The zero-order chi connectivity index (χ0) is 16.5. The Kier molecular flexibility index (Phi) is 4.48. The average Bonchev–Trinajstić information content (AvgIpc) is 2.97. The normalized spacial score (nSPS) is 25.5. The Hall–Kier alpha value is -1.56. The lowest BCUT2D eigenvalue weighted by Gasteiger charge is -2.44. The number of carbonyl (C=O) groups excluding carboxylic acids is 1. The highest BCUT2D eigenvalue weighted by atomic mass is 35.5. The molecule has 3 aliphatic rings. The molecule has 2 aromatic rings. The van der Waals surface area contributed by atoms with Gasteiger partial charge in [-0.25, -0.2) is 4.79 Å². The second-order valence-corrected chi connectivity index (χ2v) is 8.19. The number of hydrogen-bond donors (Lipinski definition) is 2. The van der Waals surface area contributed by atoms with Crippen molar-refractivity contribution in [2.45, 2.75) is 18.9 Å². The zero-order valence-electron chi connectivity index (χ0n) is 13.3. The van der Waals surface area contributed by atoms with E-state index < -0.39 is 0 Å². The van der Waals surface area contributed by atoms with Crippen LogP contribution in [-0.4, -0.2) is 36.6 Å². The summed E-state index contributed by atoms with van der Waals surface area (Å²) in [6, 6.07) is 11.9. The number of hydrogen-bond acceptors (Lipinski definition) is 3. The highest BCUT2D eigenvalue weighted by molar-refractivity contribution is 7.20. The van der Waals surface area contributed by atoms with Gasteiger partial charge >= 0.3 is 6.03 Å². The molecule has 0 saturated carbocycles. The third-order valence-corrected chi connectivity index (χ3v) is 6.27. The second kappa shape index (κ2) is 6.75. The maximum absolute atomic E-state index is 12.5. The van der Waals surface area contributed by atoms with Crippen LogP contribution < -0.4 is 10.6 Å². The first-order valence-electron chi connectivity index (χ1n) is 8.33. The number of piperidine rings is 3. The maximum Gasteiger partial charge on any atom is 0.319 e. The molecule has 5 rings (SSSR count). The van der Waals surface area contributed by atoms with Crippen molar-refractivity contribution in [2.75, 3.05) is 25.0 Å². The van der Waals surface area contributed by atoms with Gasteiger partial charge in [0.25, 0.3) is 0 Å². The molecule has 0 radical (unpaired) electrons. The van der Waals surface area contributed by atoms with E-state index in [1.165, 1.54) is 37.3 Å². The van der Waals surface area contributed by atoms with Gasteiger partial charge < -0.3 is 15.5 Å². The Morgan fingerprint density at radius 3 is 2.62 bits per heavy atom. The van der Waals surface area contributed by atoms with Crippen molar-refractivity contribution in [1.82, 2.24) is 10.2 Å². The molecule has 2 bridgehead atoms. The van der Waals surface area contributed by atoms with Crippen molar-refractivity contribution in [2.24, 2.45) is 5.92 Å². The molecular weight excluding hydrogens is 342 g/mol. The van der Waals surface area contributed by atoms with Crippen LogP contribution in [0.5, 0.6) is 0 Å². The summed E-state index contributed by atoms with van der Waals surface area (Å²) in [5, 5.41) is 6.15. The molecule has 4 nitrogen and oxygen atoms in total. The van der Waals surface area contributed by atoms with Gasteiger partial charge in [-0.1, -0.05) is 41.9 Å². The number of fused-ring (bicyclic) bond motifs is 3. The summed E-state index contributed by atoms with van der Waals surface area (Å²) < 4.78 is 0.673. The van der Waals surface area contributed by atoms with Gasteiger partial charge in [0.1, 0.15) is 0 Å². The predicted molar refractivity (Wildman–Crippen MR) is 99.9 cm³/mol. The molecule has 1 unspecified atom stereocenters. The Bertz CT molecular complexity index is 725. The van der Waals surface area contributed by atoms with E-state index in [2.05, 4.69) is 15.5 Å². The molecule has 0 aliphatic carbocycles. The van der Waals surface area contributed by atoms with Crippen LogP contribution in [0.2, 0.25) is 4.34 Å². The van der Waals surface area contributed by atoms with E-state index in [-0.39, 0.29) is 12.1 Å². The smallest absolute Gasteiger partial charge is 0.319 e.